The lowest BCUT2D eigenvalue weighted by atomic mass is 9.96. The van der Waals surface area contributed by atoms with Crippen molar-refractivity contribution in [2.24, 2.45) is 5.73 Å². The van der Waals surface area contributed by atoms with Crippen molar-refractivity contribution >= 4 is 22.7 Å². The Morgan fingerprint density at radius 3 is 2.94 bits per heavy atom. The quantitative estimate of drug-likeness (QED) is 0.842. The third-order valence-corrected chi connectivity index (χ3v) is 4.76. The number of hydrogen-bond acceptors (Lipinski definition) is 4. The van der Waals surface area contributed by atoms with Gasteiger partial charge in [-0.05, 0) is 25.3 Å². The Bertz CT molecular complexity index is 538. The van der Waals surface area contributed by atoms with Crippen LogP contribution in [0.4, 0.5) is 0 Å². The van der Waals surface area contributed by atoms with Gasteiger partial charge >= 0.3 is 0 Å². The number of para-hydroxylation sites is 1. The molecule has 4 heteroatoms. The predicted octanol–water partition coefficient (Wildman–Crippen LogP) is 2.99. The zero-order valence-corrected chi connectivity index (χ0v) is 11.1. The van der Waals surface area contributed by atoms with Gasteiger partial charge in [-0.25, -0.2) is 9.97 Å². The van der Waals surface area contributed by atoms with Crippen molar-refractivity contribution in [2.45, 2.75) is 42.0 Å². The van der Waals surface area contributed by atoms with Crippen LogP contribution in [-0.2, 0) is 0 Å². The molecule has 1 aromatic heterocycles. The summed E-state index contributed by atoms with van der Waals surface area (Å²) in [7, 11) is 0. The van der Waals surface area contributed by atoms with Gasteiger partial charge in [-0.3, -0.25) is 0 Å². The number of fused-ring (bicyclic) bond motifs is 1. The maximum Gasteiger partial charge on any atom is 0.117 e. The molecule has 0 bridgehead atoms. The van der Waals surface area contributed by atoms with E-state index in [1.807, 2.05) is 30.0 Å². The molecule has 0 radical (unpaired) electrons. The number of nitrogens with zero attached hydrogens (tertiary/aromatic N) is 2. The highest BCUT2D eigenvalue weighted by atomic mass is 32.2. The van der Waals surface area contributed by atoms with Crippen molar-refractivity contribution in [1.29, 1.82) is 0 Å². The van der Waals surface area contributed by atoms with E-state index in [0.29, 0.717) is 11.3 Å². The summed E-state index contributed by atoms with van der Waals surface area (Å²) in [5, 5.41) is 2.86. The SMILES string of the molecule is NC1CCCC(Sc2ncnc3ccccc23)C1. The fourth-order valence-corrected chi connectivity index (χ4v) is 3.87. The van der Waals surface area contributed by atoms with Crippen molar-refractivity contribution < 1.29 is 0 Å². The average Bonchev–Trinajstić information content (AvgIpc) is 2.39. The van der Waals surface area contributed by atoms with Crippen LogP contribution in [0.3, 0.4) is 0 Å². The first-order chi connectivity index (χ1) is 8.83. The second-order valence-electron chi connectivity index (χ2n) is 4.86. The summed E-state index contributed by atoms with van der Waals surface area (Å²) in [4.78, 5) is 8.74. The summed E-state index contributed by atoms with van der Waals surface area (Å²) in [6.07, 6.45) is 6.41. The Morgan fingerprint density at radius 2 is 2.06 bits per heavy atom. The van der Waals surface area contributed by atoms with Gasteiger partial charge < -0.3 is 5.73 Å². The van der Waals surface area contributed by atoms with E-state index in [1.54, 1.807) is 6.33 Å². The lowest BCUT2D eigenvalue weighted by molar-refractivity contribution is 0.451. The Balaban J connectivity index is 1.86. The second-order valence-corrected chi connectivity index (χ2v) is 6.15. The van der Waals surface area contributed by atoms with Crippen LogP contribution >= 0.6 is 11.8 Å². The first-order valence-corrected chi connectivity index (χ1v) is 7.33. The molecule has 94 valence electrons. The molecule has 18 heavy (non-hydrogen) atoms. The standard InChI is InChI=1S/C14H17N3S/c15-10-4-3-5-11(8-10)18-14-12-6-1-2-7-13(12)16-9-17-14/h1-2,6-7,9-11H,3-5,8,15H2. The summed E-state index contributed by atoms with van der Waals surface area (Å²) < 4.78 is 0. The zero-order valence-electron chi connectivity index (χ0n) is 10.2. The van der Waals surface area contributed by atoms with E-state index in [1.165, 1.54) is 19.3 Å². The van der Waals surface area contributed by atoms with Gasteiger partial charge in [0.1, 0.15) is 11.4 Å². The summed E-state index contributed by atoms with van der Waals surface area (Å²) >= 11 is 1.87. The summed E-state index contributed by atoms with van der Waals surface area (Å²) in [6.45, 7) is 0. The molecule has 1 heterocycles. The van der Waals surface area contributed by atoms with Crippen molar-refractivity contribution in [3.8, 4) is 0 Å². The van der Waals surface area contributed by atoms with Crippen molar-refractivity contribution in [3.63, 3.8) is 0 Å². The first kappa shape index (κ1) is 11.9. The Hall–Kier alpha value is -1.13. The fourth-order valence-electron chi connectivity index (χ4n) is 2.52. The Labute approximate surface area is 111 Å². The molecule has 0 saturated heterocycles. The molecule has 1 aromatic carbocycles. The van der Waals surface area contributed by atoms with Crippen LogP contribution < -0.4 is 5.73 Å². The molecule has 1 aliphatic rings. The summed E-state index contributed by atoms with van der Waals surface area (Å²) in [6, 6.07) is 8.56. The van der Waals surface area contributed by atoms with Crippen LogP contribution in [-0.4, -0.2) is 21.3 Å². The molecule has 0 spiro atoms. The van der Waals surface area contributed by atoms with E-state index in [9.17, 15) is 0 Å². The van der Waals surface area contributed by atoms with Crippen molar-refractivity contribution in [1.82, 2.24) is 9.97 Å². The largest absolute Gasteiger partial charge is 0.328 e. The zero-order chi connectivity index (χ0) is 12.4. The highest BCUT2D eigenvalue weighted by molar-refractivity contribution is 8.00. The Morgan fingerprint density at radius 1 is 1.17 bits per heavy atom. The number of aromatic nitrogens is 2. The van der Waals surface area contributed by atoms with Crippen LogP contribution in [0.2, 0.25) is 0 Å². The van der Waals surface area contributed by atoms with E-state index < -0.39 is 0 Å². The van der Waals surface area contributed by atoms with E-state index in [4.69, 9.17) is 5.73 Å². The number of thioether (sulfide) groups is 1. The molecule has 3 nitrogen and oxygen atoms in total. The molecule has 0 aliphatic heterocycles. The summed E-state index contributed by atoms with van der Waals surface area (Å²) in [5.41, 5.74) is 7.07. The minimum atomic E-state index is 0.365. The van der Waals surface area contributed by atoms with Gasteiger partial charge in [0.25, 0.3) is 0 Å². The Kier molecular flexibility index (Phi) is 3.48. The second kappa shape index (κ2) is 5.24. The van der Waals surface area contributed by atoms with Crippen LogP contribution in [0.15, 0.2) is 35.6 Å². The maximum absolute atomic E-state index is 6.05. The first-order valence-electron chi connectivity index (χ1n) is 6.45. The van der Waals surface area contributed by atoms with E-state index in [-0.39, 0.29) is 0 Å². The third-order valence-electron chi connectivity index (χ3n) is 3.45. The van der Waals surface area contributed by atoms with E-state index in [2.05, 4.69) is 16.0 Å². The van der Waals surface area contributed by atoms with Crippen LogP contribution in [0, 0.1) is 0 Å². The van der Waals surface area contributed by atoms with Crippen LogP contribution in [0.25, 0.3) is 10.9 Å². The predicted molar refractivity (Wildman–Crippen MR) is 75.6 cm³/mol. The van der Waals surface area contributed by atoms with E-state index >= 15 is 0 Å². The van der Waals surface area contributed by atoms with Gasteiger partial charge in [0.2, 0.25) is 0 Å². The fraction of sp³-hybridized carbons (Fsp3) is 0.429. The summed E-state index contributed by atoms with van der Waals surface area (Å²) in [5.74, 6) is 0. The normalized spacial score (nSPS) is 24.3. The molecular formula is C14H17N3S. The number of rotatable bonds is 2. The highest BCUT2D eigenvalue weighted by Crippen LogP contribution is 2.34. The number of benzene rings is 1. The van der Waals surface area contributed by atoms with E-state index in [0.717, 1.165) is 22.3 Å². The number of hydrogen-bond donors (Lipinski definition) is 1. The maximum atomic E-state index is 6.05. The molecule has 3 rings (SSSR count). The van der Waals surface area contributed by atoms with Crippen LogP contribution in [0.5, 0.6) is 0 Å². The van der Waals surface area contributed by atoms with Gasteiger partial charge in [0.05, 0.1) is 5.52 Å². The molecular weight excluding hydrogens is 242 g/mol. The molecule has 1 aliphatic carbocycles. The molecule has 2 unspecified atom stereocenters. The lowest BCUT2D eigenvalue weighted by Crippen LogP contribution is -2.29. The van der Waals surface area contributed by atoms with Crippen LogP contribution in [0.1, 0.15) is 25.7 Å². The average molecular weight is 259 g/mol. The van der Waals surface area contributed by atoms with Gasteiger partial charge in [-0.15, -0.1) is 11.8 Å². The van der Waals surface area contributed by atoms with Crippen molar-refractivity contribution in [3.05, 3.63) is 30.6 Å². The minimum absolute atomic E-state index is 0.365. The molecule has 2 atom stereocenters. The third kappa shape index (κ3) is 2.49. The molecule has 0 amide bonds. The molecule has 1 fully saturated rings. The minimum Gasteiger partial charge on any atom is -0.328 e. The van der Waals surface area contributed by atoms with Gasteiger partial charge in [0, 0.05) is 16.7 Å². The molecule has 2 N–H and O–H groups in total. The number of nitrogens with two attached hydrogens (primary N) is 1. The van der Waals surface area contributed by atoms with Gasteiger partial charge in [-0.2, -0.15) is 0 Å². The highest BCUT2D eigenvalue weighted by Gasteiger charge is 2.21. The topological polar surface area (TPSA) is 51.8 Å². The monoisotopic (exact) mass is 259 g/mol. The molecule has 2 aromatic rings. The lowest BCUT2D eigenvalue weighted by Gasteiger charge is -2.25. The van der Waals surface area contributed by atoms with Gasteiger partial charge in [0.15, 0.2) is 0 Å². The van der Waals surface area contributed by atoms with Gasteiger partial charge in [-0.1, -0.05) is 24.6 Å². The smallest absolute Gasteiger partial charge is 0.117 e. The van der Waals surface area contributed by atoms with Crippen molar-refractivity contribution in [2.75, 3.05) is 0 Å². The molecule has 1 saturated carbocycles.